The normalized spacial score (nSPS) is 11.0. The van der Waals surface area contributed by atoms with Crippen LogP contribution in [-0.4, -0.2) is 34.1 Å². The van der Waals surface area contributed by atoms with Crippen LogP contribution in [0, 0.1) is 6.92 Å². The summed E-state index contributed by atoms with van der Waals surface area (Å²) in [5, 5.41) is 3.40. The van der Waals surface area contributed by atoms with Gasteiger partial charge in [0.05, 0.1) is 5.69 Å². The molecule has 0 bridgehead atoms. The van der Waals surface area contributed by atoms with Crippen LogP contribution in [0.5, 0.6) is 0 Å². The van der Waals surface area contributed by atoms with E-state index in [0.29, 0.717) is 0 Å². The fraction of sp³-hybridized carbons (Fsp3) is 0.471. The van der Waals surface area contributed by atoms with Crippen LogP contribution in [0.2, 0.25) is 0 Å². The van der Waals surface area contributed by atoms with Crippen LogP contribution in [0.3, 0.4) is 0 Å². The molecule has 4 nitrogen and oxygen atoms in total. The first-order valence-corrected chi connectivity index (χ1v) is 7.81. The van der Waals surface area contributed by atoms with Gasteiger partial charge in [-0.3, -0.25) is 0 Å². The maximum Gasteiger partial charge on any atom is 0.207 e. The average Bonchev–Trinajstić information content (AvgIpc) is 2.84. The van der Waals surface area contributed by atoms with E-state index in [1.807, 2.05) is 25.1 Å². The Labute approximate surface area is 127 Å². The van der Waals surface area contributed by atoms with Crippen LogP contribution in [0.4, 0.5) is 11.6 Å². The number of rotatable bonds is 8. The number of nitrogens with one attached hydrogen (secondary N) is 1. The largest absolute Gasteiger partial charge is 0.326 e. The molecular formula is C17H26N4. The maximum atomic E-state index is 4.58. The van der Waals surface area contributed by atoms with E-state index in [4.69, 9.17) is 0 Å². The van der Waals surface area contributed by atoms with Crippen molar-refractivity contribution in [1.82, 2.24) is 14.5 Å². The van der Waals surface area contributed by atoms with E-state index in [2.05, 4.69) is 51.9 Å². The van der Waals surface area contributed by atoms with Crippen molar-refractivity contribution in [2.24, 2.45) is 0 Å². The van der Waals surface area contributed by atoms with Crippen LogP contribution < -0.4 is 5.32 Å². The van der Waals surface area contributed by atoms with Gasteiger partial charge in [0.25, 0.3) is 0 Å². The van der Waals surface area contributed by atoms with Gasteiger partial charge in [0, 0.05) is 18.4 Å². The van der Waals surface area contributed by atoms with E-state index in [9.17, 15) is 0 Å². The molecule has 2 aromatic rings. The van der Waals surface area contributed by atoms with Gasteiger partial charge in [0.2, 0.25) is 5.95 Å². The summed E-state index contributed by atoms with van der Waals surface area (Å²) in [6, 6.07) is 10.2. The SMILES string of the molecule is CCN(CC)CCCn1cc(C)nc1Nc1ccccc1. The lowest BCUT2D eigenvalue weighted by Crippen LogP contribution is -2.24. The number of hydrogen-bond acceptors (Lipinski definition) is 3. The third kappa shape index (κ3) is 4.60. The molecule has 2 rings (SSSR count). The molecule has 0 aliphatic heterocycles. The van der Waals surface area contributed by atoms with Crippen molar-refractivity contribution < 1.29 is 0 Å². The predicted octanol–water partition coefficient (Wildman–Crippen LogP) is 3.67. The van der Waals surface area contributed by atoms with Crippen molar-refractivity contribution in [1.29, 1.82) is 0 Å². The van der Waals surface area contributed by atoms with E-state index < -0.39 is 0 Å². The first-order valence-electron chi connectivity index (χ1n) is 7.81. The molecule has 0 aliphatic rings. The minimum absolute atomic E-state index is 0.929. The molecule has 1 heterocycles. The fourth-order valence-electron chi connectivity index (χ4n) is 2.47. The summed E-state index contributed by atoms with van der Waals surface area (Å²) in [4.78, 5) is 7.03. The lowest BCUT2D eigenvalue weighted by molar-refractivity contribution is 0.293. The molecule has 0 unspecified atom stereocenters. The highest BCUT2D eigenvalue weighted by molar-refractivity contribution is 5.53. The number of nitrogens with zero attached hydrogens (tertiary/aromatic N) is 3. The number of aryl methyl sites for hydroxylation is 2. The molecule has 114 valence electrons. The maximum absolute atomic E-state index is 4.58. The molecule has 0 spiro atoms. The molecular weight excluding hydrogens is 260 g/mol. The smallest absolute Gasteiger partial charge is 0.207 e. The van der Waals surface area contributed by atoms with Crippen molar-refractivity contribution in [2.45, 2.75) is 33.7 Å². The topological polar surface area (TPSA) is 33.1 Å². The highest BCUT2D eigenvalue weighted by atomic mass is 15.2. The van der Waals surface area contributed by atoms with Gasteiger partial charge in [-0.15, -0.1) is 0 Å². The lowest BCUT2D eigenvalue weighted by atomic mass is 10.3. The first kappa shape index (κ1) is 15.6. The summed E-state index contributed by atoms with van der Waals surface area (Å²) in [6.07, 6.45) is 3.26. The average molecular weight is 286 g/mol. The third-order valence-corrected chi connectivity index (χ3v) is 3.69. The zero-order valence-corrected chi connectivity index (χ0v) is 13.3. The van der Waals surface area contributed by atoms with Gasteiger partial charge in [-0.05, 0) is 45.1 Å². The number of imidazole rings is 1. The number of hydrogen-bond donors (Lipinski definition) is 1. The molecule has 1 aromatic carbocycles. The second-order valence-electron chi connectivity index (χ2n) is 5.27. The molecule has 0 radical (unpaired) electrons. The number of anilines is 2. The molecule has 0 saturated heterocycles. The number of benzene rings is 1. The van der Waals surface area contributed by atoms with Crippen molar-refractivity contribution in [2.75, 3.05) is 25.0 Å². The Balaban J connectivity index is 1.97. The predicted molar refractivity (Wildman–Crippen MR) is 89.1 cm³/mol. The quantitative estimate of drug-likeness (QED) is 0.804. The Kier molecular flexibility index (Phi) is 5.81. The van der Waals surface area contributed by atoms with E-state index in [1.165, 1.54) is 0 Å². The minimum Gasteiger partial charge on any atom is -0.326 e. The van der Waals surface area contributed by atoms with Gasteiger partial charge in [0.1, 0.15) is 0 Å². The summed E-state index contributed by atoms with van der Waals surface area (Å²) in [6.45, 7) is 10.8. The van der Waals surface area contributed by atoms with Gasteiger partial charge in [-0.25, -0.2) is 4.98 Å². The van der Waals surface area contributed by atoms with Crippen molar-refractivity contribution >= 4 is 11.6 Å². The molecule has 0 atom stereocenters. The molecule has 0 amide bonds. The lowest BCUT2D eigenvalue weighted by Gasteiger charge is -2.18. The minimum atomic E-state index is 0.929. The monoisotopic (exact) mass is 286 g/mol. The highest BCUT2D eigenvalue weighted by Gasteiger charge is 2.06. The molecule has 0 saturated carbocycles. The van der Waals surface area contributed by atoms with Crippen LogP contribution in [0.25, 0.3) is 0 Å². The third-order valence-electron chi connectivity index (χ3n) is 3.69. The van der Waals surface area contributed by atoms with Gasteiger partial charge in [-0.2, -0.15) is 0 Å². The Morgan fingerprint density at radius 1 is 1.14 bits per heavy atom. The highest BCUT2D eigenvalue weighted by Crippen LogP contribution is 2.16. The molecule has 1 aromatic heterocycles. The van der Waals surface area contributed by atoms with Crippen LogP contribution in [-0.2, 0) is 6.54 Å². The zero-order chi connectivity index (χ0) is 15.1. The van der Waals surface area contributed by atoms with Crippen molar-refractivity contribution in [3.63, 3.8) is 0 Å². The molecule has 21 heavy (non-hydrogen) atoms. The van der Waals surface area contributed by atoms with E-state index in [-0.39, 0.29) is 0 Å². The summed E-state index contributed by atoms with van der Waals surface area (Å²) >= 11 is 0. The Morgan fingerprint density at radius 3 is 2.52 bits per heavy atom. The summed E-state index contributed by atoms with van der Waals surface area (Å²) in [5.74, 6) is 0.929. The molecule has 0 aliphatic carbocycles. The van der Waals surface area contributed by atoms with Crippen LogP contribution >= 0.6 is 0 Å². The number of aromatic nitrogens is 2. The Morgan fingerprint density at radius 2 is 1.86 bits per heavy atom. The second-order valence-corrected chi connectivity index (χ2v) is 5.27. The van der Waals surface area contributed by atoms with Gasteiger partial charge < -0.3 is 14.8 Å². The molecule has 0 fully saturated rings. The standard InChI is InChI=1S/C17H26N4/c1-4-20(5-2)12-9-13-21-14-15(3)18-17(21)19-16-10-7-6-8-11-16/h6-8,10-11,14H,4-5,9,12-13H2,1-3H3,(H,18,19). The molecule has 1 N–H and O–H groups in total. The Hall–Kier alpha value is -1.81. The summed E-state index contributed by atoms with van der Waals surface area (Å²) < 4.78 is 2.21. The summed E-state index contributed by atoms with van der Waals surface area (Å²) in [7, 11) is 0. The zero-order valence-electron chi connectivity index (χ0n) is 13.3. The Bertz CT molecular complexity index is 529. The fourth-order valence-corrected chi connectivity index (χ4v) is 2.47. The van der Waals surface area contributed by atoms with Gasteiger partial charge in [0.15, 0.2) is 0 Å². The van der Waals surface area contributed by atoms with Gasteiger partial charge >= 0.3 is 0 Å². The van der Waals surface area contributed by atoms with Crippen molar-refractivity contribution in [3.05, 3.63) is 42.2 Å². The summed E-state index contributed by atoms with van der Waals surface area (Å²) in [5.41, 5.74) is 2.13. The number of para-hydroxylation sites is 1. The van der Waals surface area contributed by atoms with E-state index in [0.717, 1.165) is 49.9 Å². The van der Waals surface area contributed by atoms with Crippen LogP contribution in [0.1, 0.15) is 26.0 Å². The van der Waals surface area contributed by atoms with Crippen molar-refractivity contribution in [3.8, 4) is 0 Å². The first-order chi connectivity index (χ1) is 10.2. The van der Waals surface area contributed by atoms with E-state index in [1.54, 1.807) is 0 Å². The molecule has 4 heteroatoms. The second kappa shape index (κ2) is 7.84. The van der Waals surface area contributed by atoms with Crippen LogP contribution in [0.15, 0.2) is 36.5 Å². The van der Waals surface area contributed by atoms with Gasteiger partial charge in [-0.1, -0.05) is 32.0 Å². The van der Waals surface area contributed by atoms with E-state index >= 15 is 0 Å².